The van der Waals surface area contributed by atoms with Crippen LogP contribution < -0.4 is 5.32 Å². The van der Waals surface area contributed by atoms with Crippen molar-refractivity contribution >= 4 is 29.0 Å². The number of nitrogens with one attached hydrogen (secondary N) is 1. The number of carbonyl (C=O) groups is 1. The molecule has 2 aromatic carbocycles. The second kappa shape index (κ2) is 8.83. The first-order chi connectivity index (χ1) is 13.0. The fraction of sp³-hybridized carbons (Fsp3) is 0.316. The van der Waals surface area contributed by atoms with E-state index in [4.69, 9.17) is 11.6 Å². The number of urea groups is 1. The van der Waals surface area contributed by atoms with Crippen LogP contribution in [0.25, 0.3) is 0 Å². The summed E-state index contributed by atoms with van der Waals surface area (Å²) in [6, 6.07) is 14.3. The van der Waals surface area contributed by atoms with Gasteiger partial charge >= 0.3 is 6.03 Å². The number of nitro groups is 1. The standard InChI is InChI=1S/C19H21ClN4O3/c20-17-7-6-16(14-18(17)24(26)27)21-19(25)23-12-10-22(11-13-23)9-8-15-4-2-1-3-5-15/h1-7,14H,8-13H2,(H,21,25). The van der Waals surface area contributed by atoms with E-state index in [0.717, 1.165) is 26.1 Å². The molecule has 0 aliphatic carbocycles. The van der Waals surface area contributed by atoms with Crippen LogP contribution in [0.2, 0.25) is 5.02 Å². The summed E-state index contributed by atoms with van der Waals surface area (Å²) in [5.41, 5.74) is 1.45. The van der Waals surface area contributed by atoms with Crippen molar-refractivity contribution in [1.29, 1.82) is 0 Å². The number of anilines is 1. The van der Waals surface area contributed by atoms with Gasteiger partial charge in [0.25, 0.3) is 5.69 Å². The van der Waals surface area contributed by atoms with Gasteiger partial charge in [0, 0.05) is 44.5 Å². The lowest BCUT2D eigenvalue weighted by Gasteiger charge is -2.34. The van der Waals surface area contributed by atoms with Crippen LogP contribution in [0.5, 0.6) is 0 Å². The first-order valence-electron chi connectivity index (χ1n) is 8.79. The largest absolute Gasteiger partial charge is 0.322 e. The second-order valence-corrected chi connectivity index (χ2v) is 6.82. The molecular formula is C19H21ClN4O3. The smallest absolute Gasteiger partial charge is 0.321 e. The Labute approximate surface area is 162 Å². The fourth-order valence-corrected chi connectivity index (χ4v) is 3.23. The third-order valence-corrected chi connectivity index (χ3v) is 4.93. The van der Waals surface area contributed by atoms with Crippen molar-refractivity contribution in [3.63, 3.8) is 0 Å². The number of nitrogens with zero attached hydrogens (tertiary/aromatic N) is 3. The van der Waals surface area contributed by atoms with Crippen LogP contribution in [-0.2, 0) is 6.42 Å². The highest BCUT2D eigenvalue weighted by atomic mass is 35.5. The molecular weight excluding hydrogens is 368 g/mol. The van der Waals surface area contributed by atoms with Crippen LogP contribution in [0.3, 0.4) is 0 Å². The highest BCUT2D eigenvalue weighted by Crippen LogP contribution is 2.27. The lowest BCUT2D eigenvalue weighted by molar-refractivity contribution is -0.384. The molecule has 2 aromatic rings. The number of hydrogen-bond donors (Lipinski definition) is 1. The molecule has 2 amide bonds. The second-order valence-electron chi connectivity index (χ2n) is 6.42. The van der Waals surface area contributed by atoms with E-state index in [9.17, 15) is 14.9 Å². The summed E-state index contributed by atoms with van der Waals surface area (Å²) < 4.78 is 0. The van der Waals surface area contributed by atoms with Crippen LogP contribution in [-0.4, -0.2) is 53.5 Å². The summed E-state index contributed by atoms with van der Waals surface area (Å²) in [4.78, 5) is 26.9. The quantitative estimate of drug-likeness (QED) is 0.626. The molecule has 0 spiro atoms. The molecule has 0 unspecified atom stereocenters. The van der Waals surface area contributed by atoms with Gasteiger partial charge in [-0.3, -0.25) is 15.0 Å². The van der Waals surface area contributed by atoms with E-state index in [2.05, 4.69) is 22.3 Å². The van der Waals surface area contributed by atoms with Crippen LogP contribution in [0.15, 0.2) is 48.5 Å². The van der Waals surface area contributed by atoms with Gasteiger partial charge in [0.1, 0.15) is 5.02 Å². The highest BCUT2D eigenvalue weighted by Gasteiger charge is 2.22. The van der Waals surface area contributed by atoms with Crippen LogP contribution in [0.4, 0.5) is 16.2 Å². The molecule has 1 saturated heterocycles. The van der Waals surface area contributed by atoms with Crippen LogP contribution in [0, 0.1) is 10.1 Å². The molecule has 1 fully saturated rings. The summed E-state index contributed by atoms with van der Waals surface area (Å²) in [5, 5.41) is 13.7. The zero-order valence-electron chi connectivity index (χ0n) is 14.8. The number of carbonyl (C=O) groups excluding carboxylic acids is 1. The van der Waals surface area contributed by atoms with Gasteiger partial charge in [0.15, 0.2) is 0 Å². The van der Waals surface area contributed by atoms with Crippen molar-refractivity contribution in [3.8, 4) is 0 Å². The average Bonchev–Trinajstić information content (AvgIpc) is 2.69. The third kappa shape index (κ3) is 5.18. The van der Waals surface area contributed by atoms with E-state index >= 15 is 0 Å². The maximum absolute atomic E-state index is 12.4. The van der Waals surface area contributed by atoms with Gasteiger partial charge in [0.2, 0.25) is 0 Å². The van der Waals surface area contributed by atoms with E-state index in [-0.39, 0.29) is 16.7 Å². The van der Waals surface area contributed by atoms with Crippen molar-refractivity contribution in [2.24, 2.45) is 0 Å². The Bertz CT molecular complexity index is 808. The molecule has 8 heteroatoms. The topological polar surface area (TPSA) is 78.7 Å². The molecule has 0 saturated carbocycles. The molecule has 1 aliphatic rings. The molecule has 142 valence electrons. The number of hydrogen-bond acceptors (Lipinski definition) is 4. The minimum atomic E-state index is -0.566. The SMILES string of the molecule is O=C(Nc1ccc(Cl)c([N+](=O)[O-])c1)N1CCN(CCc2ccccc2)CC1. The number of nitro benzene ring substituents is 1. The lowest BCUT2D eigenvalue weighted by Crippen LogP contribution is -2.50. The van der Waals surface area contributed by atoms with Crippen LogP contribution >= 0.6 is 11.6 Å². The molecule has 7 nitrogen and oxygen atoms in total. The molecule has 0 atom stereocenters. The van der Waals surface area contributed by atoms with Crippen molar-refractivity contribution in [2.75, 3.05) is 38.0 Å². The summed E-state index contributed by atoms with van der Waals surface area (Å²) in [7, 11) is 0. The first-order valence-corrected chi connectivity index (χ1v) is 9.17. The summed E-state index contributed by atoms with van der Waals surface area (Å²) in [5.74, 6) is 0. The van der Waals surface area contributed by atoms with E-state index in [0.29, 0.717) is 18.8 Å². The average molecular weight is 389 g/mol. The highest BCUT2D eigenvalue weighted by molar-refractivity contribution is 6.32. The van der Waals surface area contributed by atoms with E-state index in [1.807, 2.05) is 18.2 Å². The molecule has 0 bridgehead atoms. The molecule has 1 N–H and O–H groups in total. The summed E-state index contributed by atoms with van der Waals surface area (Å²) in [6.07, 6.45) is 0.988. The van der Waals surface area contributed by atoms with Gasteiger partial charge in [-0.05, 0) is 24.1 Å². The summed E-state index contributed by atoms with van der Waals surface area (Å²) in [6.45, 7) is 3.82. The fourth-order valence-electron chi connectivity index (χ4n) is 3.04. The Morgan fingerprint density at radius 3 is 2.48 bits per heavy atom. The van der Waals surface area contributed by atoms with E-state index < -0.39 is 4.92 Å². The van der Waals surface area contributed by atoms with Gasteiger partial charge in [-0.15, -0.1) is 0 Å². The first kappa shape index (κ1) is 19.1. The Balaban J connectivity index is 1.48. The maximum atomic E-state index is 12.4. The number of halogens is 1. The molecule has 1 heterocycles. The normalized spacial score (nSPS) is 14.8. The van der Waals surface area contributed by atoms with Crippen LogP contribution in [0.1, 0.15) is 5.56 Å². The summed E-state index contributed by atoms with van der Waals surface area (Å²) >= 11 is 5.80. The van der Waals surface area contributed by atoms with Gasteiger partial charge in [-0.25, -0.2) is 4.79 Å². The Hall–Kier alpha value is -2.64. The maximum Gasteiger partial charge on any atom is 0.321 e. The molecule has 27 heavy (non-hydrogen) atoms. The number of piperazine rings is 1. The van der Waals surface area contributed by atoms with Crippen molar-refractivity contribution in [1.82, 2.24) is 9.80 Å². The van der Waals surface area contributed by atoms with Gasteiger partial charge in [-0.2, -0.15) is 0 Å². The Morgan fingerprint density at radius 2 is 1.81 bits per heavy atom. The van der Waals surface area contributed by atoms with Crippen molar-refractivity contribution < 1.29 is 9.72 Å². The van der Waals surface area contributed by atoms with Crippen molar-refractivity contribution in [2.45, 2.75) is 6.42 Å². The van der Waals surface area contributed by atoms with Crippen molar-refractivity contribution in [3.05, 3.63) is 69.2 Å². The molecule has 0 aromatic heterocycles. The number of benzene rings is 2. The zero-order valence-corrected chi connectivity index (χ0v) is 15.6. The van der Waals surface area contributed by atoms with E-state index in [1.165, 1.54) is 17.7 Å². The Kier molecular flexibility index (Phi) is 6.26. The predicted octanol–water partition coefficient (Wildman–Crippen LogP) is 3.64. The minimum absolute atomic E-state index is 0.0463. The monoisotopic (exact) mass is 388 g/mol. The lowest BCUT2D eigenvalue weighted by atomic mass is 10.1. The van der Waals surface area contributed by atoms with Gasteiger partial charge in [-0.1, -0.05) is 41.9 Å². The molecule has 0 radical (unpaired) electrons. The van der Waals surface area contributed by atoms with E-state index in [1.54, 1.807) is 11.0 Å². The zero-order chi connectivity index (χ0) is 19.2. The minimum Gasteiger partial charge on any atom is -0.322 e. The number of amides is 2. The van der Waals surface area contributed by atoms with Gasteiger partial charge < -0.3 is 10.2 Å². The predicted molar refractivity (Wildman–Crippen MR) is 105 cm³/mol. The molecule has 3 rings (SSSR count). The third-order valence-electron chi connectivity index (χ3n) is 4.61. The Morgan fingerprint density at radius 1 is 1.11 bits per heavy atom. The number of rotatable bonds is 5. The van der Waals surface area contributed by atoms with Gasteiger partial charge in [0.05, 0.1) is 4.92 Å². The molecule has 1 aliphatic heterocycles.